The molecule has 2 N–H and O–H groups in total. The molecule has 2 atom stereocenters. The van der Waals surface area contributed by atoms with Crippen LogP contribution in [0.1, 0.15) is 18.4 Å². The minimum Gasteiger partial charge on any atom is -0.316 e. The Bertz CT molecular complexity index is 721. The molecule has 7 heteroatoms. The average Bonchev–Trinajstić information content (AvgIpc) is 3.24. The molecule has 1 saturated carbocycles. The van der Waals surface area contributed by atoms with Gasteiger partial charge < -0.3 is 10.6 Å². The van der Waals surface area contributed by atoms with Crippen LogP contribution in [0.15, 0.2) is 18.3 Å². The molecule has 2 aromatic rings. The summed E-state index contributed by atoms with van der Waals surface area (Å²) in [7, 11) is 1.88. The molecule has 0 spiro atoms. The Kier molecular flexibility index (Phi) is 3.80. The number of carbonyl (C=O) groups is 1. The molecular weight excluding hydrogens is 304 g/mol. The Morgan fingerprint density at radius 2 is 2.00 bits per heavy atom. The number of anilines is 1. The maximum Gasteiger partial charge on any atom is 0.228 e. The summed E-state index contributed by atoms with van der Waals surface area (Å²) in [4.78, 5) is 12.5. The topological polar surface area (TPSA) is 84.7 Å². The minimum absolute atomic E-state index is 0.0724. The summed E-state index contributed by atoms with van der Waals surface area (Å²) in [5, 5.41) is 18.9. The molecule has 1 amide bonds. The molecule has 0 bridgehead atoms. The summed E-state index contributed by atoms with van der Waals surface area (Å²) in [6.45, 7) is 4.09. The van der Waals surface area contributed by atoms with Crippen molar-refractivity contribution in [1.82, 2.24) is 25.3 Å². The number of aromatic nitrogens is 4. The lowest BCUT2D eigenvalue weighted by Gasteiger charge is -2.11. The van der Waals surface area contributed by atoms with Crippen LogP contribution < -0.4 is 10.6 Å². The SMILES string of the molecule is Cc1cnn(C)c1-c1ccc(NC(=O)C2CC3CNCC3C2)nn1. The van der Waals surface area contributed by atoms with E-state index < -0.39 is 0 Å². The fourth-order valence-electron chi connectivity index (χ4n) is 4.05. The van der Waals surface area contributed by atoms with E-state index in [9.17, 15) is 4.79 Å². The average molecular weight is 326 g/mol. The third-order valence-electron chi connectivity index (χ3n) is 5.31. The summed E-state index contributed by atoms with van der Waals surface area (Å²) in [6.07, 6.45) is 3.75. The van der Waals surface area contributed by atoms with Gasteiger partial charge in [0.2, 0.25) is 5.91 Å². The van der Waals surface area contributed by atoms with Gasteiger partial charge in [0.1, 0.15) is 5.69 Å². The van der Waals surface area contributed by atoms with Crippen molar-refractivity contribution >= 4 is 11.7 Å². The monoisotopic (exact) mass is 326 g/mol. The summed E-state index contributed by atoms with van der Waals surface area (Å²) in [6, 6.07) is 3.68. The van der Waals surface area contributed by atoms with Crippen LogP contribution in [-0.4, -0.2) is 39.0 Å². The molecule has 1 aliphatic carbocycles. The molecule has 7 nitrogen and oxygen atoms in total. The normalized spacial score (nSPS) is 25.7. The van der Waals surface area contributed by atoms with Crippen molar-refractivity contribution in [3.8, 4) is 11.4 Å². The molecular formula is C17H22N6O. The van der Waals surface area contributed by atoms with Crippen LogP contribution in [0.4, 0.5) is 5.82 Å². The van der Waals surface area contributed by atoms with Crippen LogP contribution in [-0.2, 0) is 11.8 Å². The zero-order valence-corrected chi connectivity index (χ0v) is 14.0. The number of rotatable bonds is 3. The van der Waals surface area contributed by atoms with E-state index in [1.807, 2.05) is 26.1 Å². The fourth-order valence-corrected chi connectivity index (χ4v) is 4.05. The lowest BCUT2D eigenvalue weighted by molar-refractivity contribution is -0.119. The maximum atomic E-state index is 12.5. The number of nitrogens with zero attached hydrogens (tertiary/aromatic N) is 4. The smallest absolute Gasteiger partial charge is 0.228 e. The highest BCUT2D eigenvalue weighted by Crippen LogP contribution is 2.38. The number of amides is 1. The molecule has 2 aliphatic rings. The predicted octanol–water partition coefficient (Wildman–Crippen LogP) is 1.37. The van der Waals surface area contributed by atoms with Gasteiger partial charge in [-0.1, -0.05) is 0 Å². The van der Waals surface area contributed by atoms with Crippen molar-refractivity contribution < 1.29 is 4.79 Å². The molecule has 3 heterocycles. The molecule has 1 aliphatic heterocycles. The van der Waals surface area contributed by atoms with E-state index in [4.69, 9.17) is 0 Å². The summed E-state index contributed by atoms with van der Waals surface area (Å²) < 4.78 is 1.78. The third-order valence-corrected chi connectivity index (χ3v) is 5.31. The lowest BCUT2D eigenvalue weighted by atomic mass is 10.0. The first-order chi connectivity index (χ1) is 11.6. The van der Waals surface area contributed by atoms with Crippen molar-refractivity contribution in [2.24, 2.45) is 24.8 Å². The standard InChI is InChI=1S/C17H22N6O/c1-10-7-19-23(2)16(10)14-3-4-15(22-21-14)20-17(24)11-5-12-8-18-9-13(12)6-11/h3-4,7,11-13,18H,5-6,8-9H2,1-2H3,(H,20,22,24). The Morgan fingerprint density at radius 1 is 1.25 bits per heavy atom. The van der Waals surface area contributed by atoms with Gasteiger partial charge in [0.25, 0.3) is 0 Å². The van der Waals surface area contributed by atoms with Crippen LogP contribution in [0.3, 0.4) is 0 Å². The van der Waals surface area contributed by atoms with Crippen LogP contribution in [0.25, 0.3) is 11.4 Å². The van der Waals surface area contributed by atoms with Gasteiger partial charge in [-0.2, -0.15) is 5.10 Å². The second kappa shape index (κ2) is 5.98. The number of nitrogens with one attached hydrogen (secondary N) is 2. The van der Waals surface area contributed by atoms with Gasteiger partial charge in [-0.15, -0.1) is 10.2 Å². The van der Waals surface area contributed by atoms with Gasteiger partial charge in [0.05, 0.1) is 11.9 Å². The predicted molar refractivity (Wildman–Crippen MR) is 90.2 cm³/mol. The van der Waals surface area contributed by atoms with Crippen molar-refractivity contribution in [3.63, 3.8) is 0 Å². The zero-order valence-electron chi connectivity index (χ0n) is 14.0. The highest BCUT2D eigenvalue weighted by atomic mass is 16.2. The molecule has 2 fully saturated rings. The van der Waals surface area contributed by atoms with Gasteiger partial charge in [0, 0.05) is 13.0 Å². The first kappa shape index (κ1) is 15.3. The molecule has 1 saturated heterocycles. The van der Waals surface area contributed by atoms with Crippen LogP contribution >= 0.6 is 0 Å². The van der Waals surface area contributed by atoms with Gasteiger partial charge >= 0.3 is 0 Å². The summed E-state index contributed by atoms with van der Waals surface area (Å²) in [5.41, 5.74) is 2.75. The molecule has 0 radical (unpaired) electrons. The summed E-state index contributed by atoms with van der Waals surface area (Å²) in [5.74, 6) is 1.99. The van der Waals surface area contributed by atoms with E-state index in [-0.39, 0.29) is 11.8 Å². The number of hydrogen-bond donors (Lipinski definition) is 2. The summed E-state index contributed by atoms with van der Waals surface area (Å²) >= 11 is 0. The van der Waals surface area contributed by atoms with Crippen LogP contribution in [0.5, 0.6) is 0 Å². The van der Waals surface area contributed by atoms with E-state index in [0.29, 0.717) is 17.7 Å². The van der Waals surface area contributed by atoms with Gasteiger partial charge in [0.15, 0.2) is 5.82 Å². The van der Waals surface area contributed by atoms with Gasteiger partial charge in [-0.05, 0) is 62.4 Å². The fraction of sp³-hybridized carbons (Fsp3) is 0.529. The van der Waals surface area contributed by atoms with E-state index in [0.717, 1.165) is 42.9 Å². The quantitative estimate of drug-likeness (QED) is 0.890. The lowest BCUT2D eigenvalue weighted by Crippen LogP contribution is -2.23. The third kappa shape index (κ3) is 2.69. The molecule has 126 valence electrons. The van der Waals surface area contributed by atoms with E-state index in [1.165, 1.54) is 0 Å². The zero-order chi connectivity index (χ0) is 16.7. The molecule has 24 heavy (non-hydrogen) atoms. The highest BCUT2D eigenvalue weighted by molar-refractivity contribution is 5.91. The number of carbonyl (C=O) groups excluding carboxylic acids is 1. The minimum atomic E-state index is 0.0724. The van der Waals surface area contributed by atoms with Crippen molar-refractivity contribution in [1.29, 1.82) is 0 Å². The number of aryl methyl sites for hydroxylation is 2. The van der Waals surface area contributed by atoms with E-state index in [2.05, 4.69) is 25.9 Å². The molecule has 2 unspecified atom stereocenters. The van der Waals surface area contributed by atoms with Gasteiger partial charge in [-0.25, -0.2) is 0 Å². The first-order valence-electron chi connectivity index (χ1n) is 8.46. The van der Waals surface area contributed by atoms with E-state index in [1.54, 1.807) is 10.9 Å². The Balaban J connectivity index is 1.43. The molecule has 2 aromatic heterocycles. The van der Waals surface area contributed by atoms with Crippen LogP contribution in [0, 0.1) is 24.7 Å². The maximum absolute atomic E-state index is 12.5. The number of fused-ring (bicyclic) bond motifs is 1. The Hall–Kier alpha value is -2.28. The van der Waals surface area contributed by atoms with Crippen molar-refractivity contribution in [2.45, 2.75) is 19.8 Å². The second-order valence-electron chi connectivity index (χ2n) is 6.94. The molecule has 4 rings (SSSR count). The number of hydrogen-bond acceptors (Lipinski definition) is 5. The Morgan fingerprint density at radius 3 is 2.58 bits per heavy atom. The second-order valence-corrected chi connectivity index (χ2v) is 6.94. The van der Waals surface area contributed by atoms with Crippen molar-refractivity contribution in [2.75, 3.05) is 18.4 Å². The highest BCUT2D eigenvalue weighted by Gasteiger charge is 2.40. The molecule has 0 aromatic carbocycles. The van der Waals surface area contributed by atoms with Crippen LogP contribution in [0.2, 0.25) is 0 Å². The van der Waals surface area contributed by atoms with Crippen molar-refractivity contribution in [3.05, 3.63) is 23.9 Å². The van der Waals surface area contributed by atoms with E-state index >= 15 is 0 Å². The first-order valence-corrected chi connectivity index (χ1v) is 8.46. The van der Waals surface area contributed by atoms with Gasteiger partial charge in [-0.3, -0.25) is 9.48 Å². The largest absolute Gasteiger partial charge is 0.316 e. The Labute approximate surface area is 140 Å².